The van der Waals surface area contributed by atoms with Crippen LogP contribution in [0.2, 0.25) is 5.02 Å². The van der Waals surface area contributed by atoms with Gasteiger partial charge in [-0.05, 0) is 23.3 Å². The summed E-state index contributed by atoms with van der Waals surface area (Å²) in [5.74, 6) is -0.543. The van der Waals surface area contributed by atoms with Crippen molar-refractivity contribution in [2.24, 2.45) is 5.73 Å². The molecule has 180 valence electrons. The average molecular weight is 496 g/mol. The van der Waals surface area contributed by atoms with Gasteiger partial charge in [0.25, 0.3) is 0 Å². The van der Waals surface area contributed by atoms with Crippen molar-refractivity contribution in [2.75, 3.05) is 37.4 Å². The van der Waals surface area contributed by atoms with E-state index in [2.05, 4.69) is 20.5 Å². The number of halogens is 4. The zero-order valence-electron chi connectivity index (χ0n) is 17.7. The van der Waals surface area contributed by atoms with E-state index in [9.17, 15) is 18.0 Å². The van der Waals surface area contributed by atoms with Gasteiger partial charge in [0.05, 0.1) is 23.8 Å². The molecular weight excluding hydrogens is 475 g/mol. The molecule has 13 heteroatoms. The van der Waals surface area contributed by atoms with E-state index in [4.69, 9.17) is 27.8 Å². The third-order valence-corrected chi connectivity index (χ3v) is 5.65. The number of hydrogen-bond donors (Lipinski definition) is 4. The number of nitrogens with one attached hydrogen (secondary N) is 2. The Labute approximate surface area is 197 Å². The van der Waals surface area contributed by atoms with Crippen LogP contribution in [-0.2, 0) is 15.7 Å². The van der Waals surface area contributed by atoms with Gasteiger partial charge >= 0.3 is 6.18 Å². The second kappa shape index (κ2) is 9.49. The predicted molar refractivity (Wildman–Crippen MR) is 120 cm³/mol. The Bertz CT molecular complexity index is 1180. The molecule has 1 aliphatic rings. The Morgan fingerprint density at radius 3 is 2.44 bits per heavy atom. The molecule has 0 spiro atoms. The third-order valence-electron chi connectivity index (χ3n) is 5.35. The number of ether oxygens (including phenoxy) is 1. The van der Waals surface area contributed by atoms with Crippen molar-refractivity contribution in [1.29, 1.82) is 0 Å². The maximum absolute atomic E-state index is 14.0. The number of benzene rings is 2. The lowest BCUT2D eigenvalue weighted by Crippen LogP contribution is -2.44. The van der Waals surface area contributed by atoms with E-state index in [0.29, 0.717) is 31.9 Å². The van der Waals surface area contributed by atoms with Gasteiger partial charge in [0, 0.05) is 24.3 Å². The first-order valence-electron chi connectivity index (χ1n) is 10.2. The van der Waals surface area contributed by atoms with Crippen LogP contribution in [0.1, 0.15) is 17.2 Å². The van der Waals surface area contributed by atoms with Gasteiger partial charge in [-0.3, -0.25) is 9.69 Å². The molecule has 0 aliphatic carbocycles. The largest absolute Gasteiger partial charge is 0.417 e. The van der Waals surface area contributed by atoms with Crippen LogP contribution in [0.5, 0.6) is 0 Å². The van der Waals surface area contributed by atoms with E-state index in [1.165, 1.54) is 18.2 Å². The van der Waals surface area contributed by atoms with E-state index < -0.39 is 23.7 Å². The summed E-state index contributed by atoms with van der Waals surface area (Å²) in [7, 11) is 0. The number of rotatable bonds is 6. The number of alkyl halides is 3. The van der Waals surface area contributed by atoms with Crippen LogP contribution >= 0.6 is 11.6 Å². The number of nitrogen functional groups attached to an aromatic ring is 1. The minimum Gasteiger partial charge on any atom is -0.379 e. The van der Waals surface area contributed by atoms with Crippen LogP contribution in [0.3, 0.4) is 0 Å². The Kier molecular flexibility index (Phi) is 6.64. The van der Waals surface area contributed by atoms with E-state index in [-0.39, 0.29) is 33.7 Å². The zero-order chi connectivity index (χ0) is 24.5. The van der Waals surface area contributed by atoms with Crippen molar-refractivity contribution in [3.63, 3.8) is 0 Å². The lowest BCUT2D eigenvalue weighted by molar-refractivity contribution is -0.137. The van der Waals surface area contributed by atoms with Gasteiger partial charge in [0.1, 0.15) is 6.04 Å². The molecule has 0 radical (unpaired) electrons. The number of H-pyrrole nitrogens is 1. The van der Waals surface area contributed by atoms with Gasteiger partial charge in [-0.1, -0.05) is 35.9 Å². The van der Waals surface area contributed by atoms with Crippen molar-refractivity contribution < 1.29 is 22.7 Å². The highest BCUT2D eigenvalue weighted by Gasteiger charge is 2.36. The van der Waals surface area contributed by atoms with Gasteiger partial charge in [-0.15, -0.1) is 5.10 Å². The molecule has 9 nitrogen and oxygen atoms in total. The molecule has 2 aromatic carbocycles. The fourth-order valence-corrected chi connectivity index (χ4v) is 4.21. The Morgan fingerprint density at radius 2 is 1.88 bits per heavy atom. The number of anilines is 3. The van der Waals surface area contributed by atoms with Crippen molar-refractivity contribution in [3.05, 3.63) is 52.5 Å². The molecule has 4 rings (SSSR count). The number of nitrogens with zero attached hydrogens (tertiary/aromatic N) is 3. The van der Waals surface area contributed by atoms with E-state index in [1.807, 2.05) is 4.90 Å². The zero-order valence-corrected chi connectivity index (χ0v) is 18.5. The maximum atomic E-state index is 14.0. The first kappa shape index (κ1) is 23.8. The van der Waals surface area contributed by atoms with Crippen molar-refractivity contribution >= 4 is 35.1 Å². The highest BCUT2D eigenvalue weighted by molar-refractivity contribution is 6.34. The summed E-state index contributed by atoms with van der Waals surface area (Å²) in [6.45, 7) is 1.97. The molecule has 6 N–H and O–H groups in total. The van der Waals surface area contributed by atoms with E-state index in [1.54, 1.807) is 12.1 Å². The maximum Gasteiger partial charge on any atom is 0.417 e. The minimum absolute atomic E-state index is 0.000555. The van der Waals surface area contributed by atoms with Crippen LogP contribution in [0, 0.1) is 0 Å². The molecule has 34 heavy (non-hydrogen) atoms. The number of primary amides is 1. The quantitative estimate of drug-likeness (QED) is 0.412. The second-order valence-corrected chi connectivity index (χ2v) is 8.03. The number of carbonyl (C=O) groups excluding carboxylic acids is 1. The van der Waals surface area contributed by atoms with Crippen molar-refractivity contribution in [2.45, 2.75) is 12.2 Å². The van der Waals surface area contributed by atoms with Gasteiger partial charge in [0.2, 0.25) is 17.8 Å². The van der Waals surface area contributed by atoms with Gasteiger partial charge in [-0.2, -0.15) is 18.2 Å². The molecule has 2 heterocycles. The number of nitrogens with two attached hydrogens (primary N) is 2. The fourth-order valence-electron chi connectivity index (χ4n) is 3.88. The molecule has 0 bridgehead atoms. The highest BCUT2D eigenvalue weighted by atomic mass is 35.5. The van der Waals surface area contributed by atoms with Gasteiger partial charge < -0.3 is 21.5 Å². The van der Waals surface area contributed by atoms with Crippen LogP contribution in [-0.4, -0.2) is 52.3 Å². The van der Waals surface area contributed by atoms with E-state index >= 15 is 0 Å². The number of hydrogen-bond acceptors (Lipinski definition) is 7. The molecule has 1 aromatic heterocycles. The highest BCUT2D eigenvalue weighted by Crippen LogP contribution is 2.43. The summed E-state index contributed by atoms with van der Waals surface area (Å²) in [6, 6.07) is 7.69. The smallest absolute Gasteiger partial charge is 0.379 e. The van der Waals surface area contributed by atoms with Gasteiger partial charge in [-0.25, -0.2) is 5.10 Å². The lowest BCUT2D eigenvalue weighted by Gasteiger charge is -2.32. The lowest BCUT2D eigenvalue weighted by atomic mass is 9.95. The van der Waals surface area contributed by atoms with Gasteiger partial charge in [0.15, 0.2) is 0 Å². The summed E-state index contributed by atoms with van der Waals surface area (Å²) in [4.78, 5) is 17.8. The monoisotopic (exact) mass is 495 g/mol. The number of aromatic nitrogens is 3. The molecule has 3 aromatic rings. The second-order valence-electron chi connectivity index (χ2n) is 7.62. The molecular formula is C21H21ClF3N7O2. The topological polar surface area (TPSA) is 135 Å². The molecule has 1 atom stereocenters. The normalized spacial score (nSPS) is 15.8. The standard InChI is InChI=1S/C21H21ClF3N7O2/c22-15-10-13(28-20-29-19(27)30-31-20)9-14(21(23,24)25)16(15)11-1-3-12(4-2-11)17(18(26)33)32-5-7-34-8-6-32/h1-4,9-10,17H,5-8H2,(H2,26,33)(H4,27,28,29,30,31). The third kappa shape index (κ3) is 5.08. The Balaban J connectivity index is 1.69. The first-order valence-corrected chi connectivity index (χ1v) is 10.6. The van der Waals surface area contributed by atoms with E-state index in [0.717, 1.165) is 6.07 Å². The molecule has 1 fully saturated rings. The minimum atomic E-state index is -4.70. The number of aromatic amines is 1. The van der Waals surface area contributed by atoms with Crippen LogP contribution < -0.4 is 16.8 Å². The predicted octanol–water partition coefficient (Wildman–Crippen LogP) is 3.33. The van der Waals surface area contributed by atoms with Crippen LogP contribution in [0.4, 0.5) is 30.8 Å². The molecule has 1 aliphatic heterocycles. The van der Waals surface area contributed by atoms with Crippen LogP contribution in [0.15, 0.2) is 36.4 Å². The fraction of sp³-hybridized carbons (Fsp3) is 0.286. The summed E-state index contributed by atoms with van der Waals surface area (Å²) >= 11 is 6.31. The Hall–Kier alpha value is -3.35. The van der Waals surface area contributed by atoms with Crippen LogP contribution in [0.25, 0.3) is 11.1 Å². The summed E-state index contributed by atoms with van der Waals surface area (Å²) in [6.07, 6.45) is -4.70. The molecule has 1 amide bonds. The summed E-state index contributed by atoms with van der Waals surface area (Å²) in [5, 5.41) is 8.65. The number of morpholine rings is 1. The summed E-state index contributed by atoms with van der Waals surface area (Å²) in [5.41, 5.74) is 10.8. The molecule has 0 saturated carbocycles. The van der Waals surface area contributed by atoms with Crippen molar-refractivity contribution in [3.8, 4) is 11.1 Å². The molecule has 1 saturated heterocycles. The number of amides is 1. The first-order chi connectivity index (χ1) is 16.1. The van der Waals surface area contributed by atoms with Crippen molar-refractivity contribution in [1.82, 2.24) is 20.1 Å². The number of carbonyl (C=O) groups is 1. The Morgan fingerprint density at radius 1 is 1.21 bits per heavy atom. The summed E-state index contributed by atoms with van der Waals surface area (Å²) < 4.78 is 47.2. The SMILES string of the molecule is NC(=O)C(c1ccc(-c2c(Cl)cc(Nc3n[nH]c(N)n3)cc2C(F)(F)F)cc1)N1CCOCC1. The molecule has 1 unspecified atom stereocenters. The average Bonchev–Trinajstić information content (AvgIpc) is 3.18.